The van der Waals surface area contributed by atoms with Gasteiger partial charge in [-0.15, -0.1) is 11.8 Å². The minimum atomic E-state index is 0.0702. The SMILES string of the molecule is CSc1ccc2nc(N(CC3CCCO3)C(=O)Cc3ccccc3)sc2c1. The van der Waals surface area contributed by atoms with Crippen LogP contribution in [0.4, 0.5) is 5.13 Å². The quantitative estimate of drug-likeness (QED) is 0.561. The lowest BCUT2D eigenvalue weighted by Gasteiger charge is -2.23. The van der Waals surface area contributed by atoms with E-state index < -0.39 is 0 Å². The van der Waals surface area contributed by atoms with Gasteiger partial charge in [-0.1, -0.05) is 41.7 Å². The third kappa shape index (κ3) is 4.34. The summed E-state index contributed by atoms with van der Waals surface area (Å²) in [6.07, 6.45) is 4.59. The fraction of sp³-hybridized carbons (Fsp3) is 0.333. The van der Waals surface area contributed by atoms with Crippen molar-refractivity contribution in [3.05, 3.63) is 54.1 Å². The number of carbonyl (C=O) groups is 1. The number of hydrogen-bond donors (Lipinski definition) is 0. The Kier molecular flexibility index (Phi) is 5.76. The predicted molar refractivity (Wildman–Crippen MR) is 113 cm³/mol. The average Bonchev–Trinajstić information content (AvgIpc) is 3.35. The summed E-state index contributed by atoms with van der Waals surface area (Å²) in [5, 5.41) is 0.764. The zero-order valence-corrected chi connectivity index (χ0v) is 16.9. The highest BCUT2D eigenvalue weighted by Crippen LogP contribution is 2.32. The van der Waals surface area contributed by atoms with Gasteiger partial charge in [0.25, 0.3) is 0 Å². The topological polar surface area (TPSA) is 42.4 Å². The predicted octanol–water partition coefficient (Wildman–Crippen LogP) is 4.77. The minimum Gasteiger partial charge on any atom is -0.376 e. The molecule has 4 rings (SSSR count). The molecule has 1 unspecified atom stereocenters. The number of thiazole rings is 1. The number of amides is 1. The number of benzene rings is 2. The molecule has 1 aliphatic rings. The van der Waals surface area contributed by atoms with E-state index in [0.29, 0.717) is 13.0 Å². The van der Waals surface area contributed by atoms with Gasteiger partial charge < -0.3 is 4.74 Å². The molecule has 1 fully saturated rings. The molecule has 2 heterocycles. The van der Waals surface area contributed by atoms with E-state index in [0.717, 1.165) is 40.4 Å². The lowest BCUT2D eigenvalue weighted by atomic mass is 10.1. The number of nitrogens with zero attached hydrogens (tertiary/aromatic N) is 2. The summed E-state index contributed by atoms with van der Waals surface area (Å²) in [6, 6.07) is 16.1. The first-order valence-corrected chi connectivity index (χ1v) is 11.2. The maximum Gasteiger partial charge on any atom is 0.233 e. The molecule has 3 aromatic rings. The second-order valence-electron chi connectivity index (χ2n) is 6.63. The summed E-state index contributed by atoms with van der Waals surface area (Å²) in [5.74, 6) is 0.0702. The van der Waals surface area contributed by atoms with Crippen molar-refractivity contribution in [2.75, 3.05) is 24.3 Å². The van der Waals surface area contributed by atoms with E-state index in [1.165, 1.54) is 4.90 Å². The number of hydrogen-bond acceptors (Lipinski definition) is 5. The van der Waals surface area contributed by atoms with Crippen molar-refractivity contribution >= 4 is 44.4 Å². The van der Waals surface area contributed by atoms with Crippen LogP contribution in [-0.2, 0) is 16.0 Å². The lowest BCUT2D eigenvalue weighted by molar-refractivity contribution is -0.118. The molecule has 2 aromatic carbocycles. The summed E-state index contributed by atoms with van der Waals surface area (Å²) in [4.78, 5) is 20.9. The minimum absolute atomic E-state index is 0.0702. The summed E-state index contributed by atoms with van der Waals surface area (Å²) < 4.78 is 6.91. The maximum absolute atomic E-state index is 13.1. The Balaban J connectivity index is 1.63. The normalized spacial score (nSPS) is 16.7. The van der Waals surface area contributed by atoms with Gasteiger partial charge >= 0.3 is 0 Å². The monoisotopic (exact) mass is 398 g/mol. The summed E-state index contributed by atoms with van der Waals surface area (Å²) in [7, 11) is 0. The Morgan fingerprint density at radius 1 is 1.30 bits per heavy atom. The number of aromatic nitrogens is 1. The van der Waals surface area contributed by atoms with E-state index >= 15 is 0 Å². The zero-order chi connectivity index (χ0) is 18.6. The fourth-order valence-electron chi connectivity index (χ4n) is 3.28. The van der Waals surface area contributed by atoms with Crippen LogP contribution in [0.1, 0.15) is 18.4 Å². The lowest BCUT2D eigenvalue weighted by Crippen LogP contribution is -2.38. The maximum atomic E-state index is 13.1. The Morgan fingerprint density at radius 3 is 2.89 bits per heavy atom. The van der Waals surface area contributed by atoms with Gasteiger partial charge in [0.1, 0.15) is 0 Å². The van der Waals surface area contributed by atoms with Gasteiger partial charge in [-0.2, -0.15) is 0 Å². The molecule has 0 bridgehead atoms. The molecule has 6 heteroatoms. The van der Waals surface area contributed by atoms with Gasteiger partial charge in [0.05, 0.1) is 29.3 Å². The van der Waals surface area contributed by atoms with Crippen LogP contribution in [0.15, 0.2) is 53.4 Å². The van der Waals surface area contributed by atoms with Gasteiger partial charge in [-0.25, -0.2) is 4.98 Å². The van der Waals surface area contributed by atoms with Crippen molar-refractivity contribution in [3.63, 3.8) is 0 Å². The van der Waals surface area contributed by atoms with Gasteiger partial charge in [0.2, 0.25) is 5.91 Å². The molecule has 140 valence electrons. The Morgan fingerprint density at radius 2 is 2.15 bits per heavy atom. The van der Waals surface area contributed by atoms with Crippen LogP contribution < -0.4 is 4.90 Å². The second kappa shape index (κ2) is 8.42. The number of thioether (sulfide) groups is 1. The molecule has 1 aromatic heterocycles. The first-order chi connectivity index (χ1) is 13.2. The summed E-state index contributed by atoms with van der Waals surface area (Å²) in [6.45, 7) is 1.35. The van der Waals surface area contributed by atoms with E-state index in [-0.39, 0.29) is 12.0 Å². The third-order valence-electron chi connectivity index (χ3n) is 4.72. The third-order valence-corrected chi connectivity index (χ3v) is 6.49. The van der Waals surface area contributed by atoms with Crippen LogP contribution in [0.2, 0.25) is 0 Å². The molecule has 1 atom stereocenters. The standard InChI is InChI=1S/C21H22N2O2S2/c1-26-17-9-10-18-19(13-17)27-21(22-18)23(14-16-8-5-11-25-16)20(24)12-15-6-3-2-4-7-15/h2-4,6-7,9-10,13,16H,5,8,11-12,14H2,1H3. The van der Waals surface area contributed by atoms with E-state index in [2.05, 4.69) is 18.4 Å². The van der Waals surface area contributed by atoms with Gasteiger partial charge in [-0.3, -0.25) is 9.69 Å². The molecule has 0 saturated carbocycles. The highest BCUT2D eigenvalue weighted by molar-refractivity contribution is 7.98. The van der Waals surface area contributed by atoms with Crippen molar-refractivity contribution in [1.29, 1.82) is 0 Å². The smallest absolute Gasteiger partial charge is 0.233 e. The van der Waals surface area contributed by atoms with Crippen LogP contribution >= 0.6 is 23.1 Å². The van der Waals surface area contributed by atoms with E-state index in [4.69, 9.17) is 9.72 Å². The number of ether oxygens (including phenoxy) is 1. The fourth-order valence-corrected chi connectivity index (χ4v) is 4.83. The zero-order valence-electron chi connectivity index (χ0n) is 15.3. The van der Waals surface area contributed by atoms with Crippen LogP contribution in [0.25, 0.3) is 10.2 Å². The van der Waals surface area contributed by atoms with E-state index in [9.17, 15) is 4.79 Å². The van der Waals surface area contributed by atoms with Gasteiger partial charge in [0, 0.05) is 11.5 Å². The molecule has 0 N–H and O–H groups in total. The Hall–Kier alpha value is -1.89. The second-order valence-corrected chi connectivity index (χ2v) is 8.52. The van der Waals surface area contributed by atoms with Crippen molar-refractivity contribution in [2.45, 2.75) is 30.3 Å². The van der Waals surface area contributed by atoms with Crippen LogP contribution in [0, 0.1) is 0 Å². The summed E-state index contributed by atoms with van der Waals surface area (Å²) in [5.41, 5.74) is 1.96. The van der Waals surface area contributed by atoms with Crippen LogP contribution in [0.3, 0.4) is 0 Å². The first kappa shape index (κ1) is 18.5. The van der Waals surface area contributed by atoms with Crippen molar-refractivity contribution in [2.24, 2.45) is 0 Å². The van der Waals surface area contributed by atoms with Gasteiger partial charge in [-0.05, 0) is 42.9 Å². The van der Waals surface area contributed by atoms with E-state index in [1.807, 2.05) is 41.3 Å². The molecule has 0 spiro atoms. The van der Waals surface area contributed by atoms with Crippen LogP contribution in [-0.4, -0.2) is 36.4 Å². The molecular formula is C21H22N2O2S2. The van der Waals surface area contributed by atoms with Crippen molar-refractivity contribution in [1.82, 2.24) is 4.98 Å². The highest BCUT2D eigenvalue weighted by atomic mass is 32.2. The number of rotatable bonds is 6. The number of anilines is 1. The first-order valence-electron chi connectivity index (χ1n) is 9.13. The van der Waals surface area contributed by atoms with Gasteiger partial charge in [0.15, 0.2) is 5.13 Å². The molecule has 1 saturated heterocycles. The summed E-state index contributed by atoms with van der Waals surface area (Å²) >= 11 is 3.30. The van der Waals surface area contributed by atoms with E-state index in [1.54, 1.807) is 23.1 Å². The van der Waals surface area contributed by atoms with Crippen molar-refractivity contribution in [3.8, 4) is 0 Å². The average molecular weight is 399 g/mol. The molecule has 0 radical (unpaired) electrons. The molecule has 0 aliphatic carbocycles. The Labute approximate surface area is 167 Å². The molecule has 1 aliphatic heterocycles. The largest absolute Gasteiger partial charge is 0.376 e. The van der Waals surface area contributed by atoms with Crippen LogP contribution in [0.5, 0.6) is 0 Å². The molecular weight excluding hydrogens is 376 g/mol. The molecule has 27 heavy (non-hydrogen) atoms. The Bertz CT molecular complexity index is 920. The highest BCUT2D eigenvalue weighted by Gasteiger charge is 2.26. The van der Waals surface area contributed by atoms with Crippen molar-refractivity contribution < 1.29 is 9.53 Å². The number of carbonyl (C=O) groups excluding carboxylic acids is 1. The number of fused-ring (bicyclic) bond motifs is 1. The molecule has 4 nitrogen and oxygen atoms in total. The molecule has 1 amide bonds.